The van der Waals surface area contributed by atoms with Crippen LogP contribution in [0.1, 0.15) is 36.2 Å². The molecule has 3 aromatic rings. The van der Waals surface area contributed by atoms with Crippen molar-refractivity contribution in [1.82, 2.24) is 4.98 Å². The molecule has 0 spiro atoms. The van der Waals surface area contributed by atoms with Crippen molar-refractivity contribution in [2.75, 3.05) is 20.8 Å². The minimum Gasteiger partial charge on any atom is -0.493 e. The third kappa shape index (κ3) is 3.56. The van der Waals surface area contributed by atoms with Gasteiger partial charge in [0.05, 0.1) is 26.5 Å². The van der Waals surface area contributed by atoms with Gasteiger partial charge in [0.2, 0.25) is 0 Å². The van der Waals surface area contributed by atoms with E-state index in [1.165, 1.54) is 12.7 Å². The number of ether oxygens (including phenoxy) is 3. The summed E-state index contributed by atoms with van der Waals surface area (Å²) >= 11 is 0. The van der Waals surface area contributed by atoms with E-state index in [0.29, 0.717) is 18.8 Å². The van der Waals surface area contributed by atoms with Crippen LogP contribution in [0.5, 0.6) is 11.5 Å². The van der Waals surface area contributed by atoms with Crippen LogP contribution in [0.2, 0.25) is 0 Å². The number of carbonyl (C=O) groups is 1. The summed E-state index contributed by atoms with van der Waals surface area (Å²) in [4.78, 5) is 16.0. The Bertz CT molecular complexity index is 1030. The number of quaternary nitrogens is 1. The number of hydrogen-bond donors (Lipinski definition) is 2. The van der Waals surface area contributed by atoms with Crippen LogP contribution in [-0.4, -0.2) is 37.8 Å². The second kappa shape index (κ2) is 8.17. The van der Waals surface area contributed by atoms with Gasteiger partial charge in [-0.1, -0.05) is 25.1 Å². The lowest BCUT2D eigenvalue weighted by atomic mass is 9.90. The topological polar surface area (TPSA) is 77.2 Å². The first-order valence-corrected chi connectivity index (χ1v) is 9.99. The van der Waals surface area contributed by atoms with Crippen LogP contribution in [0.15, 0.2) is 42.5 Å². The molecule has 0 saturated carbocycles. The van der Waals surface area contributed by atoms with Crippen molar-refractivity contribution >= 4 is 16.9 Å². The molecule has 0 aliphatic carbocycles. The van der Waals surface area contributed by atoms with Crippen molar-refractivity contribution < 1.29 is 24.3 Å². The Morgan fingerprint density at radius 3 is 2.76 bits per heavy atom. The lowest BCUT2D eigenvalue weighted by molar-refractivity contribution is -0.712. The average Bonchev–Trinajstić information content (AvgIpc) is 3.15. The van der Waals surface area contributed by atoms with Gasteiger partial charge in [-0.2, -0.15) is 0 Å². The first-order valence-electron chi connectivity index (χ1n) is 9.99. The van der Waals surface area contributed by atoms with Gasteiger partial charge in [-0.15, -0.1) is 0 Å². The first kappa shape index (κ1) is 19.3. The van der Waals surface area contributed by atoms with Crippen molar-refractivity contribution in [3.63, 3.8) is 0 Å². The van der Waals surface area contributed by atoms with Crippen molar-refractivity contribution in [2.24, 2.45) is 0 Å². The van der Waals surface area contributed by atoms with Gasteiger partial charge in [0, 0.05) is 22.9 Å². The highest BCUT2D eigenvalue weighted by Crippen LogP contribution is 2.35. The molecule has 6 nitrogen and oxygen atoms in total. The molecule has 0 radical (unpaired) electrons. The number of para-hydroxylation sites is 1. The minimum atomic E-state index is -0.293. The minimum absolute atomic E-state index is 0.0654. The Hall–Kier alpha value is -2.99. The van der Waals surface area contributed by atoms with Gasteiger partial charge in [-0.05, 0) is 36.2 Å². The number of nitrogens with two attached hydrogens (primary N) is 1. The third-order valence-corrected chi connectivity index (χ3v) is 5.52. The summed E-state index contributed by atoms with van der Waals surface area (Å²) in [5.74, 6) is 1.22. The first-order chi connectivity index (χ1) is 14.2. The molecule has 6 heteroatoms. The van der Waals surface area contributed by atoms with E-state index in [9.17, 15) is 4.79 Å². The zero-order valence-electron chi connectivity index (χ0n) is 17.0. The van der Waals surface area contributed by atoms with E-state index >= 15 is 0 Å². The lowest BCUT2D eigenvalue weighted by Gasteiger charge is -2.27. The number of nitrogens with one attached hydrogen (secondary N) is 1. The van der Waals surface area contributed by atoms with Gasteiger partial charge < -0.3 is 24.5 Å². The molecular weight excluding hydrogens is 368 g/mol. The molecular formula is C23H27N2O4+. The Morgan fingerprint density at radius 2 is 2.00 bits per heavy atom. The summed E-state index contributed by atoms with van der Waals surface area (Å²) in [6.07, 6.45) is 1.57. The number of hydrogen-bond acceptors (Lipinski definition) is 4. The number of carbonyl (C=O) groups excluding carboxylic acids is 1. The maximum Gasteiger partial charge on any atom is 0.364 e. The Balaban J connectivity index is 1.79. The second-order valence-corrected chi connectivity index (χ2v) is 7.33. The normalized spacial score (nSPS) is 18.3. The third-order valence-electron chi connectivity index (χ3n) is 5.52. The smallest absolute Gasteiger partial charge is 0.364 e. The molecule has 2 heterocycles. The number of rotatable bonds is 6. The maximum absolute atomic E-state index is 12.4. The number of esters is 1. The van der Waals surface area contributed by atoms with Gasteiger partial charge in [0.1, 0.15) is 0 Å². The average molecular weight is 395 g/mol. The molecule has 4 rings (SSSR count). The number of fused-ring (bicyclic) bond motifs is 3. The summed E-state index contributed by atoms with van der Waals surface area (Å²) in [7, 11) is 3.09. The summed E-state index contributed by atoms with van der Waals surface area (Å²) in [6.45, 7) is 2.71. The van der Waals surface area contributed by atoms with Gasteiger partial charge in [0.15, 0.2) is 23.6 Å². The summed E-state index contributed by atoms with van der Waals surface area (Å²) < 4.78 is 16.4. The van der Waals surface area contributed by atoms with Crippen LogP contribution in [0.25, 0.3) is 10.9 Å². The fraction of sp³-hybridized carbons (Fsp3) is 0.348. The predicted octanol–water partition coefficient (Wildman–Crippen LogP) is 2.72. The second-order valence-electron chi connectivity index (χ2n) is 7.33. The van der Waals surface area contributed by atoms with Crippen LogP contribution in [-0.2, 0) is 16.0 Å². The molecule has 0 amide bonds. The van der Waals surface area contributed by atoms with Gasteiger partial charge in [-0.25, -0.2) is 4.79 Å². The highest BCUT2D eigenvalue weighted by Gasteiger charge is 2.38. The van der Waals surface area contributed by atoms with E-state index in [1.807, 2.05) is 30.3 Å². The molecule has 0 unspecified atom stereocenters. The molecule has 2 atom stereocenters. The number of aromatic nitrogens is 1. The zero-order chi connectivity index (χ0) is 20.4. The van der Waals surface area contributed by atoms with Crippen LogP contribution in [0, 0.1) is 0 Å². The highest BCUT2D eigenvalue weighted by atomic mass is 16.5. The molecule has 3 N–H and O–H groups in total. The largest absolute Gasteiger partial charge is 0.493 e. The standard InChI is InChI=1S/C23H26N2O4/c1-4-11-29-19-10-9-14(12-20(19)27-2)21-22-16(13-18(25-21)23(26)28-3)15-7-5-6-8-17(15)24-22/h5-10,12,18,21,24-25H,4,11,13H2,1-3H3/p+1/t18-,21+/m0/s1. The van der Waals surface area contributed by atoms with Gasteiger partial charge in [0.25, 0.3) is 0 Å². The number of aromatic amines is 1. The molecule has 152 valence electrons. The SMILES string of the molecule is CCCOc1ccc([C@H]2[NH2+][C@H](C(=O)OC)Cc3c2[nH]c2ccccc32)cc1OC. The quantitative estimate of drug-likeness (QED) is 0.629. The summed E-state index contributed by atoms with van der Waals surface area (Å²) in [5.41, 5.74) is 4.42. The molecule has 0 fully saturated rings. The van der Waals surface area contributed by atoms with E-state index in [4.69, 9.17) is 14.2 Å². The number of H-pyrrole nitrogens is 1. The molecule has 1 aromatic heterocycles. The molecule has 0 bridgehead atoms. The van der Waals surface area contributed by atoms with E-state index in [0.717, 1.165) is 34.3 Å². The van der Waals surface area contributed by atoms with Crippen LogP contribution in [0.3, 0.4) is 0 Å². The van der Waals surface area contributed by atoms with Gasteiger partial charge >= 0.3 is 5.97 Å². The Kier molecular flexibility index (Phi) is 5.45. The van der Waals surface area contributed by atoms with E-state index in [-0.39, 0.29) is 18.1 Å². The monoisotopic (exact) mass is 395 g/mol. The predicted molar refractivity (Wildman–Crippen MR) is 110 cm³/mol. The van der Waals surface area contributed by atoms with Crippen molar-refractivity contribution in [2.45, 2.75) is 31.8 Å². The maximum atomic E-state index is 12.4. The highest BCUT2D eigenvalue weighted by molar-refractivity contribution is 5.86. The summed E-state index contributed by atoms with van der Waals surface area (Å²) in [6, 6.07) is 13.8. The van der Waals surface area contributed by atoms with E-state index in [1.54, 1.807) is 7.11 Å². The Labute approximate surface area is 170 Å². The lowest BCUT2D eigenvalue weighted by Crippen LogP contribution is -2.94. The van der Waals surface area contributed by atoms with Crippen LogP contribution < -0.4 is 14.8 Å². The van der Waals surface area contributed by atoms with Crippen molar-refractivity contribution in [3.8, 4) is 11.5 Å². The van der Waals surface area contributed by atoms with Crippen molar-refractivity contribution in [1.29, 1.82) is 0 Å². The fourth-order valence-electron chi connectivity index (χ4n) is 4.12. The molecule has 1 aliphatic heterocycles. The van der Waals surface area contributed by atoms with Crippen LogP contribution >= 0.6 is 0 Å². The summed E-state index contributed by atoms with van der Waals surface area (Å²) in [5, 5.41) is 3.23. The fourth-order valence-corrected chi connectivity index (χ4v) is 4.12. The molecule has 2 aromatic carbocycles. The Morgan fingerprint density at radius 1 is 1.17 bits per heavy atom. The van der Waals surface area contributed by atoms with Crippen LogP contribution in [0.4, 0.5) is 0 Å². The molecule has 29 heavy (non-hydrogen) atoms. The number of benzene rings is 2. The number of methoxy groups -OCH3 is 2. The zero-order valence-corrected chi connectivity index (χ0v) is 17.0. The van der Waals surface area contributed by atoms with Gasteiger partial charge in [-0.3, -0.25) is 0 Å². The van der Waals surface area contributed by atoms with E-state index < -0.39 is 0 Å². The van der Waals surface area contributed by atoms with Crippen molar-refractivity contribution in [3.05, 3.63) is 59.3 Å². The van der Waals surface area contributed by atoms with E-state index in [2.05, 4.69) is 29.4 Å². The molecule has 1 aliphatic rings. The molecule has 0 saturated heterocycles.